The third-order valence-electron chi connectivity index (χ3n) is 2.75. The molecular weight excluding hydrogens is 355 g/mol. The monoisotopic (exact) mass is 368 g/mol. The van der Waals surface area contributed by atoms with Crippen molar-refractivity contribution in [2.45, 2.75) is 11.8 Å². The van der Waals surface area contributed by atoms with Gasteiger partial charge in [-0.25, -0.2) is 0 Å². The Hall–Kier alpha value is -1.69. The van der Waals surface area contributed by atoms with Crippen LogP contribution < -0.4 is 10.6 Å². The number of carbonyl (C=O) groups is 2. The van der Waals surface area contributed by atoms with Crippen molar-refractivity contribution in [1.82, 2.24) is 0 Å². The van der Waals surface area contributed by atoms with E-state index in [1.165, 1.54) is 18.7 Å². The van der Waals surface area contributed by atoms with Gasteiger partial charge in [0, 0.05) is 17.5 Å². The Morgan fingerprint density at radius 1 is 1.09 bits per heavy atom. The molecule has 0 bridgehead atoms. The smallest absolute Gasteiger partial charge is 0.234 e. The minimum atomic E-state index is -0.191. The van der Waals surface area contributed by atoms with Gasteiger partial charge in [0.05, 0.1) is 21.5 Å². The van der Waals surface area contributed by atoms with E-state index in [2.05, 4.69) is 10.6 Å². The van der Waals surface area contributed by atoms with Crippen molar-refractivity contribution in [2.24, 2.45) is 0 Å². The Labute approximate surface area is 148 Å². The molecule has 0 radical (unpaired) electrons. The van der Waals surface area contributed by atoms with Gasteiger partial charge in [-0.15, -0.1) is 11.8 Å². The van der Waals surface area contributed by atoms with Gasteiger partial charge in [0.25, 0.3) is 0 Å². The molecule has 0 aliphatic carbocycles. The number of hydrogen-bond acceptors (Lipinski definition) is 3. The number of benzene rings is 2. The van der Waals surface area contributed by atoms with E-state index in [9.17, 15) is 9.59 Å². The van der Waals surface area contributed by atoms with Gasteiger partial charge in [-0.2, -0.15) is 0 Å². The Balaban J connectivity index is 1.94. The third kappa shape index (κ3) is 5.46. The first-order chi connectivity index (χ1) is 11.0. The SMILES string of the molecule is CC(=O)Nc1cccc(SCC(=O)Nc2cccc(Cl)c2Cl)c1. The van der Waals surface area contributed by atoms with Crippen LogP contribution in [0.2, 0.25) is 10.0 Å². The molecule has 4 nitrogen and oxygen atoms in total. The Morgan fingerprint density at radius 3 is 2.57 bits per heavy atom. The average molecular weight is 369 g/mol. The molecule has 2 amide bonds. The van der Waals surface area contributed by atoms with Crippen LogP contribution in [0.3, 0.4) is 0 Å². The highest BCUT2D eigenvalue weighted by atomic mass is 35.5. The summed E-state index contributed by atoms with van der Waals surface area (Å²) in [7, 11) is 0. The summed E-state index contributed by atoms with van der Waals surface area (Å²) in [6, 6.07) is 12.3. The predicted octanol–water partition coefficient (Wildman–Crippen LogP) is 4.68. The molecule has 0 atom stereocenters. The molecule has 2 aromatic rings. The first-order valence-electron chi connectivity index (χ1n) is 6.70. The van der Waals surface area contributed by atoms with E-state index < -0.39 is 0 Å². The molecule has 0 saturated carbocycles. The number of amides is 2. The van der Waals surface area contributed by atoms with Crippen LogP contribution in [-0.4, -0.2) is 17.6 Å². The zero-order valence-corrected chi connectivity index (χ0v) is 14.6. The van der Waals surface area contributed by atoms with Crippen LogP contribution in [0.1, 0.15) is 6.92 Å². The van der Waals surface area contributed by atoms with Crippen molar-refractivity contribution in [1.29, 1.82) is 0 Å². The number of hydrogen-bond donors (Lipinski definition) is 2. The Bertz CT molecular complexity index is 738. The summed E-state index contributed by atoms with van der Waals surface area (Å²) in [6.45, 7) is 1.45. The van der Waals surface area contributed by atoms with Crippen molar-refractivity contribution >= 4 is 58.2 Å². The van der Waals surface area contributed by atoms with Crippen molar-refractivity contribution in [3.8, 4) is 0 Å². The van der Waals surface area contributed by atoms with E-state index in [4.69, 9.17) is 23.2 Å². The van der Waals surface area contributed by atoms with Gasteiger partial charge in [-0.1, -0.05) is 35.3 Å². The van der Waals surface area contributed by atoms with Crippen LogP contribution in [0.5, 0.6) is 0 Å². The molecule has 2 aromatic carbocycles. The predicted molar refractivity (Wildman–Crippen MR) is 96.6 cm³/mol. The standard InChI is InChI=1S/C16H14Cl2N2O2S/c1-10(21)19-11-4-2-5-12(8-11)23-9-15(22)20-14-7-3-6-13(17)16(14)18/h2-8H,9H2,1H3,(H,19,21)(H,20,22). The highest BCUT2D eigenvalue weighted by Gasteiger charge is 2.09. The zero-order chi connectivity index (χ0) is 16.8. The maximum absolute atomic E-state index is 12.0. The lowest BCUT2D eigenvalue weighted by Crippen LogP contribution is -2.14. The van der Waals surface area contributed by atoms with Crippen LogP contribution in [-0.2, 0) is 9.59 Å². The molecule has 0 unspecified atom stereocenters. The van der Waals surface area contributed by atoms with Crippen LogP contribution in [0, 0.1) is 0 Å². The van der Waals surface area contributed by atoms with E-state index >= 15 is 0 Å². The minimum absolute atomic E-state index is 0.138. The molecule has 2 N–H and O–H groups in total. The van der Waals surface area contributed by atoms with Crippen LogP contribution >= 0.6 is 35.0 Å². The van der Waals surface area contributed by atoms with Gasteiger partial charge in [0.1, 0.15) is 0 Å². The summed E-state index contributed by atoms with van der Waals surface area (Å²) in [5.41, 5.74) is 1.18. The molecule has 7 heteroatoms. The summed E-state index contributed by atoms with van der Waals surface area (Å²) in [4.78, 5) is 23.9. The second-order valence-electron chi connectivity index (χ2n) is 4.65. The summed E-state index contributed by atoms with van der Waals surface area (Å²) < 4.78 is 0. The van der Waals surface area contributed by atoms with Crippen LogP contribution in [0.25, 0.3) is 0 Å². The fourth-order valence-corrected chi connectivity index (χ4v) is 2.91. The van der Waals surface area contributed by atoms with Gasteiger partial charge >= 0.3 is 0 Å². The molecular formula is C16H14Cl2N2O2S. The van der Waals surface area contributed by atoms with E-state index in [1.807, 2.05) is 18.2 Å². The van der Waals surface area contributed by atoms with Gasteiger partial charge in [0.2, 0.25) is 11.8 Å². The highest BCUT2D eigenvalue weighted by molar-refractivity contribution is 8.00. The first-order valence-corrected chi connectivity index (χ1v) is 8.44. The van der Waals surface area contributed by atoms with E-state index in [1.54, 1.807) is 24.3 Å². The lowest BCUT2D eigenvalue weighted by molar-refractivity contribution is -0.114. The van der Waals surface area contributed by atoms with Gasteiger partial charge < -0.3 is 10.6 Å². The summed E-state index contributed by atoms with van der Waals surface area (Å²) in [6.07, 6.45) is 0. The molecule has 23 heavy (non-hydrogen) atoms. The van der Waals surface area contributed by atoms with Gasteiger partial charge in [-0.3, -0.25) is 9.59 Å². The largest absolute Gasteiger partial charge is 0.326 e. The third-order valence-corrected chi connectivity index (χ3v) is 4.56. The number of nitrogens with one attached hydrogen (secondary N) is 2. The first kappa shape index (κ1) is 17.7. The molecule has 0 spiro atoms. The van der Waals surface area contributed by atoms with Crippen LogP contribution in [0.15, 0.2) is 47.4 Å². The molecule has 0 heterocycles. The Morgan fingerprint density at radius 2 is 1.83 bits per heavy atom. The molecule has 0 aromatic heterocycles. The molecule has 0 aliphatic heterocycles. The van der Waals surface area contributed by atoms with E-state index in [0.29, 0.717) is 21.4 Å². The molecule has 0 fully saturated rings. The maximum atomic E-state index is 12.0. The van der Waals surface area contributed by atoms with Crippen LogP contribution in [0.4, 0.5) is 11.4 Å². The quantitative estimate of drug-likeness (QED) is 0.753. The zero-order valence-electron chi connectivity index (χ0n) is 12.2. The Kier molecular flexibility index (Phi) is 6.33. The summed E-state index contributed by atoms with van der Waals surface area (Å²) >= 11 is 13.3. The fraction of sp³-hybridized carbons (Fsp3) is 0.125. The average Bonchev–Trinajstić information content (AvgIpc) is 2.50. The second-order valence-corrected chi connectivity index (χ2v) is 6.48. The minimum Gasteiger partial charge on any atom is -0.326 e. The van der Waals surface area contributed by atoms with Crippen molar-refractivity contribution in [2.75, 3.05) is 16.4 Å². The molecule has 0 saturated heterocycles. The maximum Gasteiger partial charge on any atom is 0.234 e. The van der Waals surface area contributed by atoms with Crippen molar-refractivity contribution in [3.05, 3.63) is 52.5 Å². The lowest BCUT2D eigenvalue weighted by Gasteiger charge is -2.08. The van der Waals surface area contributed by atoms with Crippen molar-refractivity contribution in [3.63, 3.8) is 0 Å². The van der Waals surface area contributed by atoms with Gasteiger partial charge in [-0.05, 0) is 30.3 Å². The highest BCUT2D eigenvalue weighted by Crippen LogP contribution is 2.30. The summed E-state index contributed by atoms with van der Waals surface area (Å²) in [5.74, 6) is -0.114. The van der Waals surface area contributed by atoms with Crippen molar-refractivity contribution < 1.29 is 9.59 Å². The topological polar surface area (TPSA) is 58.2 Å². The number of carbonyl (C=O) groups excluding carboxylic acids is 2. The lowest BCUT2D eigenvalue weighted by atomic mass is 10.3. The van der Waals surface area contributed by atoms with Gasteiger partial charge in [0.15, 0.2) is 0 Å². The normalized spacial score (nSPS) is 10.2. The number of anilines is 2. The number of halogens is 2. The molecule has 2 rings (SSSR count). The molecule has 120 valence electrons. The summed E-state index contributed by atoms with van der Waals surface area (Å²) in [5, 5.41) is 6.13. The second kappa shape index (κ2) is 8.24. The fourth-order valence-electron chi connectivity index (χ4n) is 1.80. The van der Waals surface area contributed by atoms with E-state index in [0.717, 1.165) is 4.90 Å². The number of rotatable bonds is 5. The molecule has 0 aliphatic rings. The number of thioether (sulfide) groups is 1. The van der Waals surface area contributed by atoms with E-state index in [-0.39, 0.29) is 17.6 Å².